The van der Waals surface area contributed by atoms with Gasteiger partial charge in [0.15, 0.2) is 0 Å². The van der Waals surface area contributed by atoms with Crippen molar-refractivity contribution in [1.29, 1.82) is 0 Å². The number of anilines is 1. The SMILES string of the molecule is CN(CC(=O)Nc1ccccc1Cl)C(=O)c1cccc(OC[C@@H]2CCCO2)c1. The summed E-state index contributed by atoms with van der Waals surface area (Å²) < 4.78 is 11.3. The number of rotatable bonds is 7. The van der Waals surface area contributed by atoms with Crippen molar-refractivity contribution >= 4 is 29.1 Å². The van der Waals surface area contributed by atoms with Gasteiger partial charge in [0.05, 0.1) is 23.4 Å². The fourth-order valence-corrected chi connectivity index (χ4v) is 3.13. The highest BCUT2D eigenvalue weighted by molar-refractivity contribution is 6.33. The van der Waals surface area contributed by atoms with E-state index in [1.54, 1.807) is 55.6 Å². The van der Waals surface area contributed by atoms with Crippen LogP contribution in [0.25, 0.3) is 0 Å². The summed E-state index contributed by atoms with van der Waals surface area (Å²) in [6.45, 7) is 1.15. The van der Waals surface area contributed by atoms with Crippen LogP contribution in [-0.4, -0.2) is 49.6 Å². The summed E-state index contributed by atoms with van der Waals surface area (Å²) in [4.78, 5) is 26.2. The Morgan fingerprint density at radius 3 is 2.82 bits per heavy atom. The molecule has 2 aromatic carbocycles. The van der Waals surface area contributed by atoms with Crippen molar-refractivity contribution in [3.8, 4) is 5.75 Å². The van der Waals surface area contributed by atoms with Gasteiger partial charge in [0.1, 0.15) is 12.4 Å². The molecule has 0 spiro atoms. The molecule has 1 N–H and O–H groups in total. The summed E-state index contributed by atoms with van der Waals surface area (Å²) in [5.41, 5.74) is 0.970. The summed E-state index contributed by atoms with van der Waals surface area (Å²) in [5.74, 6) is 0.0156. The first kappa shape index (κ1) is 20.2. The minimum atomic E-state index is -0.324. The lowest BCUT2D eigenvalue weighted by Crippen LogP contribution is -2.35. The zero-order valence-corrected chi connectivity index (χ0v) is 16.4. The van der Waals surface area contributed by atoms with Crippen LogP contribution >= 0.6 is 11.6 Å². The van der Waals surface area contributed by atoms with Gasteiger partial charge in [-0.2, -0.15) is 0 Å². The lowest BCUT2D eigenvalue weighted by molar-refractivity contribution is -0.116. The average Bonchev–Trinajstić information content (AvgIpc) is 3.21. The molecule has 0 aliphatic carbocycles. The van der Waals surface area contributed by atoms with Crippen molar-refractivity contribution < 1.29 is 19.1 Å². The lowest BCUT2D eigenvalue weighted by atomic mass is 10.2. The number of amides is 2. The van der Waals surface area contributed by atoms with Gasteiger partial charge in [0.2, 0.25) is 5.91 Å². The van der Waals surface area contributed by atoms with E-state index in [1.165, 1.54) is 4.90 Å². The highest BCUT2D eigenvalue weighted by atomic mass is 35.5. The molecule has 1 saturated heterocycles. The second-order valence-electron chi connectivity index (χ2n) is 6.66. The Kier molecular flexibility index (Phi) is 6.90. The quantitative estimate of drug-likeness (QED) is 0.768. The molecular formula is C21H23ClN2O4. The maximum Gasteiger partial charge on any atom is 0.254 e. The summed E-state index contributed by atoms with van der Waals surface area (Å²) in [6.07, 6.45) is 2.14. The zero-order chi connectivity index (χ0) is 19.9. The van der Waals surface area contributed by atoms with Gasteiger partial charge in [0.25, 0.3) is 5.91 Å². The number of nitrogens with one attached hydrogen (secondary N) is 1. The standard InChI is InChI=1S/C21H23ClN2O4/c1-24(13-20(25)23-19-10-3-2-9-18(19)22)21(26)15-6-4-7-16(12-15)28-14-17-8-5-11-27-17/h2-4,6-7,9-10,12,17H,5,8,11,13-14H2,1H3,(H,23,25)/t17-/m0/s1. The summed E-state index contributed by atoms with van der Waals surface area (Å²) in [5, 5.41) is 3.15. The van der Waals surface area contributed by atoms with Crippen LogP contribution in [0.2, 0.25) is 5.02 Å². The number of carbonyl (C=O) groups is 2. The molecule has 1 aliphatic heterocycles. The molecule has 0 radical (unpaired) electrons. The molecule has 1 heterocycles. The highest BCUT2D eigenvalue weighted by Crippen LogP contribution is 2.21. The van der Waals surface area contributed by atoms with Crippen LogP contribution in [0.1, 0.15) is 23.2 Å². The Morgan fingerprint density at radius 1 is 1.25 bits per heavy atom. The first-order chi connectivity index (χ1) is 13.5. The van der Waals surface area contributed by atoms with Crippen molar-refractivity contribution in [2.24, 2.45) is 0 Å². The van der Waals surface area contributed by atoms with Crippen molar-refractivity contribution in [2.75, 3.05) is 32.1 Å². The maximum atomic E-state index is 12.7. The zero-order valence-electron chi connectivity index (χ0n) is 15.7. The molecule has 1 atom stereocenters. The molecule has 0 unspecified atom stereocenters. The maximum absolute atomic E-state index is 12.7. The van der Waals surface area contributed by atoms with Crippen molar-refractivity contribution in [2.45, 2.75) is 18.9 Å². The third-order valence-corrected chi connectivity index (χ3v) is 4.75. The Balaban J connectivity index is 1.55. The van der Waals surface area contributed by atoms with Gasteiger partial charge in [0, 0.05) is 19.2 Å². The third kappa shape index (κ3) is 5.47. The minimum absolute atomic E-state index is 0.0922. The van der Waals surface area contributed by atoms with Crippen LogP contribution in [0.4, 0.5) is 5.69 Å². The molecule has 2 aromatic rings. The molecule has 1 fully saturated rings. The van der Waals surface area contributed by atoms with Crippen LogP contribution in [0.3, 0.4) is 0 Å². The summed E-state index contributed by atoms with van der Waals surface area (Å²) in [6, 6.07) is 13.9. The van der Waals surface area contributed by atoms with Gasteiger partial charge in [-0.3, -0.25) is 9.59 Å². The van der Waals surface area contributed by atoms with Crippen LogP contribution in [0.15, 0.2) is 48.5 Å². The largest absolute Gasteiger partial charge is 0.491 e. The predicted octanol–water partition coefficient (Wildman–Crippen LogP) is 3.61. The third-order valence-electron chi connectivity index (χ3n) is 4.42. The average molecular weight is 403 g/mol. The molecule has 0 saturated carbocycles. The molecule has 28 heavy (non-hydrogen) atoms. The van der Waals surface area contributed by atoms with Gasteiger partial charge in [-0.05, 0) is 43.2 Å². The summed E-state index contributed by atoms with van der Waals surface area (Å²) in [7, 11) is 1.58. The van der Waals surface area contributed by atoms with E-state index in [0.717, 1.165) is 19.4 Å². The van der Waals surface area contributed by atoms with Gasteiger partial charge in [-0.1, -0.05) is 29.8 Å². The first-order valence-corrected chi connectivity index (χ1v) is 9.55. The summed E-state index contributed by atoms with van der Waals surface area (Å²) >= 11 is 6.04. The fourth-order valence-electron chi connectivity index (χ4n) is 2.94. The van der Waals surface area contributed by atoms with E-state index < -0.39 is 0 Å². The van der Waals surface area contributed by atoms with Gasteiger partial charge in [-0.15, -0.1) is 0 Å². The van der Waals surface area contributed by atoms with E-state index in [2.05, 4.69) is 5.32 Å². The van der Waals surface area contributed by atoms with E-state index in [1.807, 2.05) is 0 Å². The molecule has 0 bridgehead atoms. The molecule has 7 heteroatoms. The van der Waals surface area contributed by atoms with Crippen LogP contribution in [0.5, 0.6) is 5.75 Å². The fraction of sp³-hybridized carbons (Fsp3) is 0.333. The Hall–Kier alpha value is -2.57. The van der Waals surface area contributed by atoms with E-state index in [4.69, 9.17) is 21.1 Å². The second-order valence-corrected chi connectivity index (χ2v) is 7.07. The van der Waals surface area contributed by atoms with E-state index >= 15 is 0 Å². The molecule has 3 rings (SSSR count). The minimum Gasteiger partial charge on any atom is -0.491 e. The predicted molar refractivity (Wildman–Crippen MR) is 108 cm³/mol. The van der Waals surface area contributed by atoms with Gasteiger partial charge < -0.3 is 19.7 Å². The number of likely N-dealkylation sites (N-methyl/N-ethyl adjacent to an activating group) is 1. The Morgan fingerprint density at radius 2 is 2.07 bits per heavy atom. The number of carbonyl (C=O) groups excluding carboxylic acids is 2. The van der Waals surface area contributed by atoms with E-state index in [9.17, 15) is 9.59 Å². The molecule has 148 valence electrons. The van der Waals surface area contributed by atoms with E-state index in [-0.39, 0.29) is 24.5 Å². The van der Waals surface area contributed by atoms with Crippen molar-refractivity contribution in [3.05, 3.63) is 59.1 Å². The topological polar surface area (TPSA) is 67.9 Å². The Bertz CT molecular complexity index is 837. The normalized spacial score (nSPS) is 15.9. The van der Waals surface area contributed by atoms with Crippen LogP contribution in [0, 0.1) is 0 Å². The smallest absolute Gasteiger partial charge is 0.254 e. The number of halogens is 1. The molecule has 6 nitrogen and oxygen atoms in total. The molecule has 0 aromatic heterocycles. The number of para-hydroxylation sites is 1. The van der Waals surface area contributed by atoms with Crippen molar-refractivity contribution in [3.63, 3.8) is 0 Å². The number of benzene rings is 2. The second kappa shape index (κ2) is 9.57. The number of hydrogen-bond donors (Lipinski definition) is 1. The highest BCUT2D eigenvalue weighted by Gasteiger charge is 2.18. The van der Waals surface area contributed by atoms with E-state index in [0.29, 0.717) is 28.6 Å². The number of ether oxygens (including phenoxy) is 2. The number of hydrogen-bond acceptors (Lipinski definition) is 4. The van der Waals surface area contributed by atoms with Gasteiger partial charge >= 0.3 is 0 Å². The number of nitrogens with zero attached hydrogens (tertiary/aromatic N) is 1. The Labute approximate surface area is 169 Å². The van der Waals surface area contributed by atoms with Gasteiger partial charge in [-0.25, -0.2) is 0 Å². The van der Waals surface area contributed by atoms with Crippen molar-refractivity contribution in [1.82, 2.24) is 4.90 Å². The lowest BCUT2D eigenvalue weighted by Gasteiger charge is -2.18. The van der Waals surface area contributed by atoms with Crippen LogP contribution in [-0.2, 0) is 9.53 Å². The first-order valence-electron chi connectivity index (χ1n) is 9.17. The molecule has 2 amide bonds. The molecular weight excluding hydrogens is 380 g/mol. The van der Waals surface area contributed by atoms with Crippen LogP contribution < -0.4 is 10.1 Å². The molecule has 1 aliphatic rings. The monoisotopic (exact) mass is 402 g/mol.